The van der Waals surface area contributed by atoms with Crippen LogP contribution in [-0.4, -0.2) is 34.0 Å². The first-order valence-corrected chi connectivity index (χ1v) is 8.61. The normalized spacial score (nSPS) is 13.2. The third-order valence-electron chi connectivity index (χ3n) is 4.19. The van der Waals surface area contributed by atoms with Crippen molar-refractivity contribution in [1.82, 2.24) is 5.01 Å². The second-order valence-corrected chi connectivity index (χ2v) is 6.15. The van der Waals surface area contributed by atoms with Gasteiger partial charge < -0.3 is 5.32 Å². The fourth-order valence-corrected chi connectivity index (χ4v) is 2.77. The van der Waals surface area contributed by atoms with Crippen molar-refractivity contribution in [2.75, 3.05) is 11.9 Å². The van der Waals surface area contributed by atoms with Gasteiger partial charge in [-0.1, -0.05) is 30.3 Å². The molecule has 1 aliphatic heterocycles. The Bertz CT molecular complexity index is 946. The Morgan fingerprint density at radius 3 is 2.64 bits per heavy atom. The van der Waals surface area contributed by atoms with E-state index < -0.39 is 22.3 Å². The fourth-order valence-electron chi connectivity index (χ4n) is 2.77. The molecule has 8 nitrogen and oxygen atoms in total. The number of carbonyl (C=O) groups excluding carboxylic acids is 2. The van der Waals surface area contributed by atoms with Gasteiger partial charge in [-0.05, 0) is 17.7 Å². The maximum atomic E-state index is 13.3. The van der Waals surface area contributed by atoms with Crippen molar-refractivity contribution < 1.29 is 18.9 Å². The standard InChI is InChI=1S/C19H17FN4O4/c20-15-7-6-14(12-17(15)24(27)28)21-18(25)8-9-19(26)23-11-10-16(22-23)13-4-2-1-3-5-13/h1-7,12H,8-11H2,(H,21,25). The van der Waals surface area contributed by atoms with Crippen LogP contribution in [0.1, 0.15) is 24.8 Å². The van der Waals surface area contributed by atoms with Crippen molar-refractivity contribution in [3.63, 3.8) is 0 Å². The van der Waals surface area contributed by atoms with E-state index in [1.54, 1.807) is 0 Å². The van der Waals surface area contributed by atoms with E-state index in [0.717, 1.165) is 23.4 Å². The van der Waals surface area contributed by atoms with Crippen molar-refractivity contribution in [2.24, 2.45) is 5.10 Å². The maximum Gasteiger partial charge on any atom is 0.306 e. The van der Waals surface area contributed by atoms with Crippen LogP contribution in [0.15, 0.2) is 53.6 Å². The number of hydrazone groups is 1. The van der Waals surface area contributed by atoms with Crippen LogP contribution in [-0.2, 0) is 9.59 Å². The van der Waals surface area contributed by atoms with Crippen molar-refractivity contribution in [3.8, 4) is 0 Å². The van der Waals surface area contributed by atoms with Crippen LogP contribution >= 0.6 is 0 Å². The average Bonchev–Trinajstić information content (AvgIpc) is 3.18. The molecular formula is C19H17FN4O4. The number of anilines is 1. The van der Waals surface area contributed by atoms with Crippen molar-refractivity contribution >= 4 is 28.9 Å². The first-order valence-electron chi connectivity index (χ1n) is 8.61. The van der Waals surface area contributed by atoms with Gasteiger partial charge in [0.25, 0.3) is 0 Å². The van der Waals surface area contributed by atoms with Crippen LogP contribution in [0.2, 0.25) is 0 Å². The molecule has 9 heteroatoms. The van der Waals surface area contributed by atoms with Gasteiger partial charge in [-0.15, -0.1) is 0 Å². The molecular weight excluding hydrogens is 367 g/mol. The maximum absolute atomic E-state index is 13.3. The largest absolute Gasteiger partial charge is 0.326 e. The lowest BCUT2D eigenvalue weighted by Crippen LogP contribution is -2.25. The summed E-state index contributed by atoms with van der Waals surface area (Å²) in [5.41, 5.74) is 1.13. The van der Waals surface area contributed by atoms with Gasteiger partial charge >= 0.3 is 5.69 Å². The van der Waals surface area contributed by atoms with E-state index in [2.05, 4.69) is 10.4 Å². The lowest BCUT2D eigenvalue weighted by Gasteiger charge is -2.11. The molecule has 0 bridgehead atoms. The number of amides is 2. The summed E-state index contributed by atoms with van der Waals surface area (Å²) in [5.74, 6) is -1.77. The Balaban J connectivity index is 1.54. The highest BCUT2D eigenvalue weighted by Gasteiger charge is 2.22. The molecule has 144 valence electrons. The lowest BCUT2D eigenvalue weighted by molar-refractivity contribution is -0.387. The van der Waals surface area contributed by atoms with Crippen molar-refractivity contribution in [1.29, 1.82) is 0 Å². The van der Waals surface area contributed by atoms with Crippen LogP contribution < -0.4 is 5.32 Å². The van der Waals surface area contributed by atoms with Gasteiger partial charge in [0.05, 0.1) is 17.2 Å². The summed E-state index contributed by atoms with van der Waals surface area (Å²) in [6.07, 6.45) is 0.471. The highest BCUT2D eigenvalue weighted by Crippen LogP contribution is 2.22. The van der Waals surface area contributed by atoms with Crippen molar-refractivity contribution in [2.45, 2.75) is 19.3 Å². The number of nitro groups is 1. The Hall–Kier alpha value is -3.62. The molecule has 0 fully saturated rings. The first kappa shape index (κ1) is 19.2. The number of rotatable bonds is 6. The quantitative estimate of drug-likeness (QED) is 0.610. The summed E-state index contributed by atoms with van der Waals surface area (Å²) in [4.78, 5) is 34.1. The molecule has 0 saturated carbocycles. The molecule has 2 aromatic rings. The molecule has 3 rings (SSSR count). The van der Waals surface area contributed by atoms with Gasteiger partial charge in [0.2, 0.25) is 17.6 Å². The monoisotopic (exact) mass is 384 g/mol. The zero-order valence-corrected chi connectivity index (χ0v) is 14.8. The van der Waals surface area contributed by atoms with E-state index in [1.165, 1.54) is 11.1 Å². The summed E-state index contributed by atoms with van der Waals surface area (Å²) in [6.45, 7) is 0.453. The summed E-state index contributed by atoms with van der Waals surface area (Å²) in [5, 5.41) is 18.8. The summed E-state index contributed by atoms with van der Waals surface area (Å²) in [7, 11) is 0. The number of carbonyl (C=O) groups is 2. The Morgan fingerprint density at radius 1 is 1.18 bits per heavy atom. The van der Waals surface area contributed by atoms with Gasteiger partial charge in [0.1, 0.15) is 0 Å². The Labute approximate surface area is 159 Å². The minimum atomic E-state index is -0.987. The van der Waals surface area contributed by atoms with E-state index in [1.807, 2.05) is 30.3 Å². The van der Waals surface area contributed by atoms with Gasteiger partial charge in [-0.2, -0.15) is 9.49 Å². The number of hydrogen-bond donors (Lipinski definition) is 1. The molecule has 1 aliphatic rings. The molecule has 0 atom stereocenters. The van der Waals surface area contributed by atoms with Gasteiger partial charge in [0.15, 0.2) is 0 Å². The molecule has 2 amide bonds. The highest BCUT2D eigenvalue weighted by molar-refractivity contribution is 6.02. The third kappa shape index (κ3) is 4.56. The van der Waals surface area contributed by atoms with Crippen LogP contribution in [0, 0.1) is 15.9 Å². The second kappa shape index (κ2) is 8.38. The van der Waals surface area contributed by atoms with Gasteiger partial charge in [-0.3, -0.25) is 19.7 Å². The number of nitrogens with zero attached hydrogens (tertiary/aromatic N) is 3. The van der Waals surface area contributed by atoms with Crippen LogP contribution in [0.3, 0.4) is 0 Å². The van der Waals surface area contributed by atoms with Crippen LogP contribution in [0.4, 0.5) is 15.8 Å². The number of nitro benzene ring substituents is 1. The predicted octanol–water partition coefficient (Wildman–Crippen LogP) is 3.09. The number of benzene rings is 2. The minimum absolute atomic E-state index is 0.0549. The third-order valence-corrected chi connectivity index (χ3v) is 4.19. The van der Waals surface area contributed by atoms with Gasteiger partial charge in [-0.25, -0.2) is 5.01 Å². The number of hydrogen-bond acceptors (Lipinski definition) is 5. The van der Waals surface area contributed by atoms with E-state index in [-0.39, 0.29) is 24.4 Å². The molecule has 0 radical (unpaired) electrons. The molecule has 1 N–H and O–H groups in total. The SMILES string of the molecule is O=C(CCC(=O)N1CCC(c2ccccc2)=N1)Nc1ccc(F)c([N+](=O)[O-])c1. The Morgan fingerprint density at radius 2 is 1.93 bits per heavy atom. The van der Waals surface area contributed by atoms with E-state index in [0.29, 0.717) is 13.0 Å². The molecule has 28 heavy (non-hydrogen) atoms. The second-order valence-electron chi connectivity index (χ2n) is 6.15. The lowest BCUT2D eigenvalue weighted by atomic mass is 10.1. The number of halogens is 1. The molecule has 0 aromatic heterocycles. The molecule has 0 saturated heterocycles. The zero-order chi connectivity index (χ0) is 20.1. The fraction of sp³-hybridized carbons (Fsp3) is 0.211. The van der Waals surface area contributed by atoms with Crippen LogP contribution in [0.25, 0.3) is 0 Å². The number of nitrogens with one attached hydrogen (secondary N) is 1. The minimum Gasteiger partial charge on any atom is -0.326 e. The van der Waals surface area contributed by atoms with Crippen LogP contribution in [0.5, 0.6) is 0 Å². The molecule has 0 aliphatic carbocycles. The predicted molar refractivity (Wildman–Crippen MR) is 100 cm³/mol. The highest BCUT2D eigenvalue weighted by atomic mass is 19.1. The first-order chi connectivity index (χ1) is 13.4. The molecule has 0 unspecified atom stereocenters. The molecule has 0 spiro atoms. The molecule has 2 aromatic carbocycles. The van der Waals surface area contributed by atoms with E-state index in [4.69, 9.17) is 0 Å². The van der Waals surface area contributed by atoms with Crippen molar-refractivity contribution in [3.05, 3.63) is 70.0 Å². The topological polar surface area (TPSA) is 105 Å². The summed E-state index contributed by atoms with van der Waals surface area (Å²) in [6, 6.07) is 12.6. The smallest absolute Gasteiger partial charge is 0.306 e. The average molecular weight is 384 g/mol. The van der Waals surface area contributed by atoms with E-state index in [9.17, 15) is 24.1 Å². The summed E-state index contributed by atoms with van der Waals surface area (Å²) < 4.78 is 13.3. The Kier molecular flexibility index (Phi) is 5.73. The molecule has 1 heterocycles. The van der Waals surface area contributed by atoms with E-state index >= 15 is 0 Å². The zero-order valence-electron chi connectivity index (χ0n) is 14.8. The summed E-state index contributed by atoms with van der Waals surface area (Å²) >= 11 is 0. The van der Waals surface area contributed by atoms with Gasteiger partial charge in [0, 0.05) is 31.0 Å².